The van der Waals surface area contributed by atoms with Crippen LogP contribution in [0.5, 0.6) is 0 Å². The monoisotopic (exact) mass is 448 g/mol. The van der Waals surface area contributed by atoms with E-state index in [1.807, 2.05) is 19.1 Å². The molecule has 0 radical (unpaired) electrons. The number of hydrogen-bond acceptors (Lipinski definition) is 5. The molecule has 2 amide bonds. The van der Waals surface area contributed by atoms with E-state index in [1.54, 1.807) is 12.1 Å². The van der Waals surface area contributed by atoms with Crippen LogP contribution in [0.25, 0.3) is 0 Å². The summed E-state index contributed by atoms with van der Waals surface area (Å²) in [5.41, 5.74) is 1.23. The largest absolute Gasteiger partial charge is 0.325 e. The van der Waals surface area contributed by atoms with E-state index in [0.29, 0.717) is 16.6 Å². The molecule has 1 aliphatic rings. The topological polar surface area (TPSA) is 104 Å². The van der Waals surface area contributed by atoms with Crippen LogP contribution in [0.15, 0.2) is 45.3 Å². The van der Waals surface area contributed by atoms with E-state index in [4.69, 9.17) is 0 Å². The molecule has 0 bridgehead atoms. The molecule has 3 N–H and O–H groups in total. The van der Waals surface area contributed by atoms with Gasteiger partial charge in [0.1, 0.15) is 5.82 Å². The van der Waals surface area contributed by atoms with Crippen LogP contribution in [0.2, 0.25) is 0 Å². The summed E-state index contributed by atoms with van der Waals surface area (Å²) in [6, 6.07) is 5.44. The molecule has 0 fully saturated rings. The lowest BCUT2D eigenvalue weighted by molar-refractivity contribution is -0.123. The van der Waals surface area contributed by atoms with Crippen molar-refractivity contribution in [2.24, 2.45) is 0 Å². The van der Waals surface area contributed by atoms with Gasteiger partial charge in [0, 0.05) is 22.3 Å². The molecule has 27 heavy (non-hydrogen) atoms. The highest BCUT2D eigenvalue weighted by Gasteiger charge is 2.34. The van der Waals surface area contributed by atoms with E-state index in [9.17, 15) is 14.4 Å². The molecule has 1 aromatic carbocycles. The van der Waals surface area contributed by atoms with Gasteiger partial charge in [-0.15, -0.1) is 6.58 Å². The van der Waals surface area contributed by atoms with Crippen LogP contribution in [0.3, 0.4) is 0 Å². The molecule has 2 heterocycles. The van der Waals surface area contributed by atoms with E-state index in [2.05, 4.69) is 43.1 Å². The maximum atomic E-state index is 12.8. The molecule has 0 saturated carbocycles. The summed E-state index contributed by atoms with van der Waals surface area (Å²) in [5.74, 6) is -0.994. The Morgan fingerprint density at radius 2 is 2.26 bits per heavy atom. The molecule has 7 nitrogen and oxygen atoms in total. The van der Waals surface area contributed by atoms with Crippen molar-refractivity contribution in [3.05, 3.63) is 56.8 Å². The van der Waals surface area contributed by atoms with Gasteiger partial charge in [-0.3, -0.25) is 14.4 Å². The van der Waals surface area contributed by atoms with E-state index in [0.717, 1.165) is 10.0 Å². The molecule has 2 aromatic rings. The molecule has 0 aliphatic carbocycles. The van der Waals surface area contributed by atoms with Gasteiger partial charge in [0.2, 0.25) is 11.8 Å². The van der Waals surface area contributed by atoms with Gasteiger partial charge in [-0.2, -0.15) is 0 Å². The maximum Gasteiger partial charge on any atom is 0.257 e. The van der Waals surface area contributed by atoms with Gasteiger partial charge < -0.3 is 15.6 Å². The summed E-state index contributed by atoms with van der Waals surface area (Å²) in [4.78, 5) is 44.4. The van der Waals surface area contributed by atoms with Crippen LogP contribution >= 0.6 is 27.7 Å². The van der Waals surface area contributed by atoms with Crippen LogP contribution in [-0.4, -0.2) is 27.5 Å². The van der Waals surface area contributed by atoms with E-state index >= 15 is 0 Å². The van der Waals surface area contributed by atoms with Gasteiger partial charge in [-0.05, 0) is 30.7 Å². The number of thioether (sulfide) groups is 1. The molecule has 9 heteroatoms. The minimum Gasteiger partial charge on any atom is -0.325 e. The highest BCUT2D eigenvalue weighted by atomic mass is 79.9. The van der Waals surface area contributed by atoms with E-state index in [-0.39, 0.29) is 23.7 Å². The number of nitrogens with one attached hydrogen (secondary N) is 3. The Hall–Kier alpha value is -2.39. The Balaban J connectivity index is 1.93. The van der Waals surface area contributed by atoms with Gasteiger partial charge in [0.15, 0.2) is 5.16 Å². The zero-order valence-electron chi connectivity index (χ0n) is 14.5. The second kappa shape index (κ2) is 8.10. The number of fused-ring (bicyclic) bond motifs is 1. The van der Waals surface area contributed by atoms with E-state index in [1.165, 1.54) is 11.8 Å². The second-order valence-corrected chi connectivity index (χ2v) is 7.91. The molecular weight excluding hydrogens is 432 g/mol. The molecule has 0 unspecified atom stereocenters. The number of nitrogens with zero attached hydrogens (tertiary/aromatic N) is 1. The van der Waals surface area contributed by atoms with Crippen molar-refractivity contribution in [3.63, 3.8) is 0 Å². The molecule has 1 aliphatic heterocycles. The van der Waals surface area contributed by atoms with Crippen molar-refractivity contribution >= 4 is 51.0 Å². The zero-order chi connectivity index (χ0) is 19.6. The average molecular weight is 449 g/mol. The maximum absolute atomic E-state index is 12.8. The van der Waals surface area contributed by atoms with Crippen LogP contribution in [0.4, 0.5) is 11.5 Å². The first-order valence-corrected chi connectivity index (χ1v) is 9.91. The Bertz CT molecular complexity index is 989. The molecule has 1 atom stereocenters. The number of benzene rings is 1. The Morgan fingerprint density at radius 3 is 2.96 bits per heavy atom. The summed E-state index contributed by atoms with van der Waals surface area (Å²) in [5, 5.41) is 5.76. The highest BCUT2D eigenvalue weighted by molar-refractivity contribution is 9.10. The molecule has 0 saturated heterocycles. The summed E-state index contributed by atoms with van der Waals surface area (Å²) in [7, 11) is 0. The molecule has 1 aromatic heterocycles. The number of halogens is 1. The van der Waals surface area contributed by atoms with Crippen molar-refractivity contribution < 1.29 is 9.59 Å². The fourth-order valence-electron chi connectivity index (χ4n) is 2.77. The number of H-pyrrole nitrogens is 1. The van der Waals surface area contributed by atoms with Crippen LogP contribution in [0.1, 0.15) is 23.5 Å². The van der Waals surface area contributed by atoms with Gasteiger partial charge in [0.05, 0.1) is 11.5 Å². The number of aromatic nitrogens is 2. The van der Waals surface area contributed by atoms with Crippen molar-refractivity contribution in [1.82, 2.24) is 9.97 Å². The predicted octanol–water partition coefficient (Wildman–Crippen LogP) is 3.18. The zero-order valence-corrected chi connectivity index (χ0v) is 16.9. The summed E-state index contributed by atoms with van der Waals surface area (Å²) >= 11 is 4.66. The molecule has 0 spiro atoms. The van der Waals surface area contributed by atoms with Crippen molar-refractivity contribution in [3.8, 4) is 0 Å². The van der Waals surface area contributed by atoms with Crippen molar-refractivity contribution in [1.29, 1.82) is 0 Å². The quantitative estimate of drug-likeness (QED) is 0.370. The minimum absolute atomic E-state index is 0.113. The molecule has 3 rings (SSSR count). The number of aryl methyl sites for hydroxylation is 1. The number of rotatable bonds is 5. The fourth-order valence-corrected chi connectivity index (χ4v) is 3.84. The van der Waals surface area contributed by atoms with Crippen molar-refractivity contribution in [2.45, 2.75) is 24.4 Å². The van der Waals surface area contributed by atoms with Gasteiger partial charge in [-0.1, -0.05) is 33.8 Å². The standard InChI is InChI=1S/C18H17BrN4O3S/c1-3-6-27-18-22-15-14(17(26)23-18)11(8-13(24)21-15)16(25)20-12-5-4-10(19)7-9(12)2/h3-5,7,11H,1,6,8H2,2H3,(H,20,25)(H2,21,22,23,24,26)/t11-/m1/s1. The Kier molecular flexibility index (Phi) is 5.81. The Labute approximate surface area is 168 Å². The first kappa shape index (κ1) is 19.4. The lowest BCUT2D eigenvalue weighted by Crippen LogP contribution is -2.36. The Morgan fingerprint density at radius 1 is 1.48 bits per heavy atom. The third kappa shape index (κ3) is 4.30. The van der Waals surface area contributed by atoms with Crippen molar-refractivity contribution in [2.75, 3.05) is 16.4 Å². The van der Waals surface area contributed by atoms with E-state index < -0.39 is 17.4 Å². The third-order valence-electron chi connectivity index (χ3n) is 4.03. The number of carbonyl (C=O) groups is 2. The van der Waals surface area contributed by atoms with Crippen LogP contribution < -0.4 is 16.2 Å². The normalized spacial score (nSPS) is 15.6. The highest BCUT2D eigenvalue weighted by Crippen LogP contribution is 2.31. The lowest BCUT2D eigenvalue weighted by atomic mass is 9.92. The van der Waals surface area contributed by atoms with Crippen LogP contribution in [-0.2, 0) is 9.59 Å². The predicted molar refractivity (Wildman–Crippen MR) is 109 cm³/mol. The average Bonchev–Trinajstić information content (AvgIpc) is 2.61. The second-order valence-electron chi connectivity index (χ2n) is 5.99. The first-order valence-electron chi connectivity index (χ1n) is 8.14. The van der Waals surface area contributed by atoms with Gasteiger partial charge in [-0.25, -0.2) is 4.98 Å². The number of aromatic amines is 1. The number of anilines is 2. The molecular formula is C18H17BrN4O3S. The van der Waals surface area contributed by atoms with Gasteiger partial charge >= 0.3 is 0 Å². The first-order chi connectivity index (χ1) is 12.9. The number of amides is 2. The summed E-state index contributed by atoms with van der Waals surface area (Å²) < 4.78 is 0.894. The fraction of sp³-hybridized carbons (Fsp3) is 0.222. The number of hydrogen-bond donors (Lipinski definition) is 3. The smallest absolute Gasteiger partial charge is 0.257 e. The van der Waals surface area contributed by atoms with Crippen LogP contribution in [0, 0.1) is 6.92 Å². The summed E-state index contributed by atoms with van der Waals surface area (Å²) in [6.07, 6.45) is 1.57. The molecule has 140 valence electrons. The third-order valence-corrected chi connectivity index (χ3v) is 5.39. The summed E-state index contributed by atoms with van der Waals surface area (Å²) in [6.45, 7) is 5.48. The lowest BCUT2D eigenvalue weighted by Gasteiger charge is -2.23. The number of carbonyl (C=O) groups excluding carboxylic acids is 2. The minimum atomic E-state index is -0.911. The van der Waals surface area contributed by atoms with Gasteiger partial charge in [0.25, 0.3) is 5.56 Å². The SMILES string of the molecule is C=CCSc1nc2c(c(=O)[nH]1)[C@H](C(=O)Nc1ccc(Br)cc1C)CC(=O)N2.